The molecule has 0 aliphatic rings. The first-order valence-corrected chi connectivity index (χ1v) is 9.43. The lowest BCUT2D eigenvalue weighted by atomic mass is 9.99. The van der Waals surface area contributed by atoms with Crippen LogP contribution < -0.4 is 5.32 Å². The van der Waals surface area contributed by atoms with E-state index >= 15 is 0 Å². The third-order valence-corrected chi connectivity index (χ3v) is 4.13. The van der Waals surface area contributed by atoms with Crippen molar-refractivity contribution in [3.8, 4) is 0 Å². The summed E-state index contributed by atoms with van der Waals surface area (Å²) < 4.78 is 4.92. The van der Waals surface area contributed by atoms with E-state index in [0.29, 0.717) is 6.29 Å². The van der Waals surface area contributed by atoms with Gasteiger partial charge in [0.25, 0.3) is 0 Å². The molecule has 0 bridgehead atoms. The third-order valence-electron chi connectivity index (χ3n) is 2.43. The Balaban J connectivity index is 4.28. The van der Waals surface area contributed by atoms with Crippen molar-refractivity contribution in [3.63, 3.8) is 0 Å². The van der Waals surface area contributed by atoms with E-state index in [-0.39, 0.29) is 13.0 Å². The second-order valence-corrected chi connectivity index (χ2v) is 11.2. The average molecular weight is 275 g/mol. The van der Waals surface area contributed by atoms with Crippen LogP contribution in [0.3, 0.4) is 0 Å². The smallest absolute Gasteiger partial charge is 0.408 e. The van der Waals surface area contributed by atoms with E-state index < -0.39 is 25.7 Å². The van der Waals surface area contributed by atoms with Crippen LogP contribution in [0.5, 0.6) is 0 Å². The summed E-state index contributed by atoms with van der Waals surface area (Å²) in [5.41, 5.74) is -1.61. The zero-order valence-electron chi connectivity index (χ0n) is 11.3. The zero-order valence-corrected chi connectivity index (χ0v) is 12.3. The number of ether oxygens (including phenoxy) is 1. The minimum atomic E-state index is -1.61. The van der Waals surface area contributed by atoms with E-state index in [9.17, 15) is 14.4 Å². The van der Waals surface area contributed by atoms with Gasteiger partial charge in [-0.2, -0.15) is 0 Å². The number of carbonyl (C=O) groups excluding carboxylic acids is 2. The van der Waals surface area contributed by atoms with E-state index in [0.717, 1.165) is 6.04 Å². The molecule has 104 valence electrons. The maximum atomic E-state index is 11.4. The molecule has 0 aromatic rings. The quantitative estimate of drug-likeness (QED) is 0.542. The topological polar surface area (TPSA) is 92.7 Å². The molecular weight excluding hydrogens is 254 g/mol. The Hall–Kier alpha value is -1.37. The second-order valence-electron chi connectivity index (χ2n) is 5.58. The van der Waals surface area contributed by atoms with Crippen LogP contribution in [0.2, 0.25) is 25.7 Å². The van der Waals surface area contributed by atoms with Gasteiger partial charge in [0.1, 0.15) is 11.8 Å². The SMILES string of the molecule is C[C@@](CC=O)(NC(=O)OCC[Si](C)(C)C)C(=O)O. The summed E-state index contributed by atoms with van der Waals surface area (Å²) in [4.78, 5) is 32.8. The molecule has 18 heavy (non-hydrogen) atoms. The standard InChI is InChI=1S/C11H21NO5Si/c1-11(5-6-13,9(14)15)12-10(16)17-7-8-18(2,3)4/h6H,5,7-8H2,1-4H3,(H,12,16)(H,14,15)/t11-/m0/s1. The second kappa shape index (κ2) is 6.53. The molecule has 2 N–H and O–H groups in total. The van der Waals surface area contributed by atoms with Crippen LogP contribution in [-0.4, -0.2) is 43.7 Å². The Morgan fingerprint density at radius 3 is 2.33 bits per heavy atom. The molecule has 7 heteroatoms. The number of rotatable bonds is 7. The largest absolute Gasteiger partial charge is 0.480 e. The number of aldehydes is 1. The van der Waals surface area contributed by atoms with E-state index in [4.69, 9.17) is 9.84 Å². The molecule has 0 radical (unpaired) electrons. The number of carboxylic acid groups (broad SMARTS) is 1. The average Bonchev–Trinajstić information content (AvgIpc) is 2.15. The number of hydrogen-bond donors (Lipinski definition) is 2. The third kappa shape index (κ3) is 6.38. The summed E-state index contributed by atoms with van der Waals surface area (Å²) in [5.74, 6) is -1.27. The molecule has 0 spiro atoms. The molecule has 6 nitrogen and oxygen atoms in total. The highest BCUT2D eigenvalue weighted by Crippen LogP contribution is 2.10. The summed E-state index contributed by atoms with van der Waals surface area (Å²) in [6.45, 7) is 7.95. The number of hydrogen-bond acceptors (Lipinski definition) is 4. The summed E-state index contributed by atoms with van der Waals surface area (Å²) in [5, 5.41) is 11.1. The van der Waals surface area contributed by atoms with Crippen LogP contribution in [0, 0.1) is 0 Å². The summed E-state index contributed by atoms with van der Waals surface area (Å²) in [7, 11) is -1.30. The Kier molecular flexibility index (Phi) is 6.03. The molecule has 1 atom stereocenters. The van der Waals surface area contributed by atoms with Gasteiger partial charge in [-0.1, -0.05) is 19.6 Å². The number of nitrogens with one attached hydrogen (secondary N) is 1. The molecule has 0 heterocycles. The Bertz CT molecular complexity index is 326. The molecule has 0 saturated carbocycles. The Morgan fingerprint density at radius 2 is 1.94 bits per heavy atom. The maximum Gasteiger partial charge on any atom is 0.408 e. The summed E-state index contributed by atoms with van der Waals surface area (Å²) in [6.07, 6.45) is -0.651. The van der Waals surface area contributed by atoms with E-state index in [1.807, 2.05) is 0 Å². The van der Waals surface area contributed by atoms with E-state index in [1.165, 1.54) is 6.92 Å². The maximum absolute atomic E-state index is 11.4. The summed E-state index contributed by atoms with van der Waals surface area (Å²) in [6, 6.07) is 0.803. The first kappa shape index (κ1) is 16.6. The number of amides is 1. The van der Waals surface area contributed by atoms with Gasteiger partial charge >= 0.3 is 12.1 Å². The summed E-state index contributed by atoms with van der Waals surface area (Å²) >= 11 is 0. The highest BCUT2D eigenvalue weighted by Gasteiger charge is 2.35. The predicted octanol–water partition coefficient (Wildman–Crippen LogP) is 1.48. The van der Waals surface area contributed by atoms with Gasteiger partial charge in [-0.15, -0.1) is 0 Å². The molecule has 0 aromatic carbocycles. The highest BCUT2D eigenvalue weighted by molar-refractivity contribution is 6.76. The van der Waals surface area contributed by atoms with Gasteiger partial charge in [-0.3, -0.25) is 0 Å². The zero-order chi connectivity index (χ0) is 14.4. The van der Waals surface area contributed by atoms with Crippen LogP contribution in [-0.2, 0) is 14.3 Å². The fourth-order valence-corrected chi connectivity index (χ4v) is 1.78. The number of carbonyl (C=O) groups is 3. The van der Waals surface area contributed by atoms with Crippen LogP contribution >= 0.6 is 0 Å². The van der Waals surface area contributed by atoms with Gasteiger partial charge in [0.15, 0.2) is 0 Å². The van der Waals surface area contributed by atoms with Crippen molar-refractivity contribution >= 4 is 26.4 Å². The van der Waals surface area contributed by atoms with Crippen molar-refractivity contribution in [1.82, 2.24) is 5.32 Å². The Labute approximate surface area is 108 Å². The molecule has 1 amide bonds. The van der Waals surface area contributed by atoms with Crippen LogP contribution in [0.25, 0.3) is 0 Å². The van der Waals surface area contributed by atoms with Gasteiger partial charge in [0.05, 0.1) is 6.61 Å². The minimum Gasteiger partial charge on any atom is -0.480 e. The van der Waals surface area contributed by atoms with Crippen molar-refractivity contribution in [3.05, 3.63) is 0 Å². The highest BCUT2D eigenvalue weighted by atomic mass is 28.3. The van der Waals surface area contributed by atoms with Crippen molar-refractivity contribution in [2.24, 2.45) is 0 Å². The van der Waals surface area contributed by atoms with E-state index in [1.54, 1.807) is 0 Å². The van der Waals surface area contributed by atoms with Crippen LogP contribution in [0.15, 0.2) is 0 Å². The number of aliphatic carboxylic acids is 1. The molecule has 0 unspecified atom stereocenters. The van der Waals surface area contributed by atoms with Gasteiger partial charge < -0.3 is 20.0 Å². The van der Waals surface area contributed by atoms with Crippen molar-refractivity contribution in [1.29, 1.82) is 0 Å². The molecule has 0 aromatic heterocycles. The van der Waals surface area contributed by atoms with Crippen molar-refractivity contribution in [2.45, 2.75) is 44.6 Å². The lowest BCUT2D eigenvalue weighted by Crippen LogP contribution is -2.52. The molecular formula is C11H21NO5Si. The molecule has 0 aliphatic carbocycles. The fraction of sp³-hybridized carbons (Fsp3) is 0.727. The first-order chi connectivity index (χ1) is 8.10. The van der Waals surface area contributed by atoms with Gasteiger partial charge in [-0.25, -0.2) is 9.59 Å². The van der Waals surface area contributed by atoms with Crippen molar-refractivity contribution < 1.29 is 24.2 Å². The number of carboxylic acids is 1. The Morgan fingerprint density at radius 1 is 1.39 bits per heavy atom. The van der Waals surface area contributed by atoms with E-state index in [2.05, 4.69) is 25.0 Å². The minimum absolute atomic E-state index is 0.262. The lowest BCUT2D eigenvalue weighted by Gasteiger charge is -2.24. The van der Waals surface area contributed by atoms with Crippen LogP contribution in [0.1, 0.15) is 13.3 Å². The van der Waals surface area contributed by atoms with Gasteiger partial charge in [0.2, 0.25) is 0 Å². The predicted molar refractivity (Wildman–Crippen MR) is 69.4 cm³/mol. The lowest BCUT2D eigenvalue weighted by molar-refractivity contribution is -0.145. The van der Waals surface area contributed by atoms with Crippen molar-refractivity contribution in [2.75, 3.05) is 6.61 Å². The molecule has 0 fully saturated rings. The normalized spacial score (nSPS) is 14.4. The molecule has 0 rings (SSSR count). The first-order valence-electron chi connectivity index (χ1n) is 5.73. The molecule has 0 aliphatic heterocycles. The van der Waals surface area contributed by atoms with Crippen LogP contribution in [0.4, 0.5) is 4.79 Å². The number of alkyl carbamates (subject to hydrolysis) is 1. The molecule has 0 saturated heterocycles. The monoisotopic (exact) mass is 275 g/mol. The fourth-order valence-electron chi connectivity index (χ4n) is 1.07. The van der Waals surface area contributed by atoms with Gasteiger partial charge in [0, 0.05) is 14.5 Å². The van der Waals surface area contributed by atoms with Gasteiger partial charge in [-0.05, 0) is 13.0 Å².